The van der Waals surface area contributed by atoms with Gasteiger partial charge in [0, 0.05) is 17.4 Å². The summed E-state index contributed by atoms with van der Waals surface area (Å²) in [6, 6.07) is 12.1. The van der Waals surface area contributed by atoms with E-state index < -0.39 is 6.67 Å². The maximum absolute atomic E-state index is 12.7. The van der Waals surface area contributed by atoms with Crippen LogP contribution in [0, 0.1) is 13.8 Å². The second-order valence-corrected chi connectivity index (χ2v) is 6.29. The van der Waals surface area contributed by atoms with E-state index in [-0.39, 0.29) is 5.91 Å². The monoisotopic (exact) mass is 369 g/mol. The molecule has 4 nitrogen and oxygen atoms in total. The Kier molecular flexibility index (Phi) is 5.28. The summed E-state index contributed by atoms with van der Waals surface area (Å²) in [7, 11) is 0. The van der Waals surface area contributed by atoms with Crippen LogP contribution in [0.2, 0.25) is 5.02 Å². The largest absolute Gasteiger partial charge is 0.322 e. The first-order chi connectivity index (χ1) is 12.5. The summed E-state index contributed by atoms with van der Waals surface area (Å²) in [5, 5.41) is 3.39. The summed E-state index contributed by atoms with van der Waals surface area (Å²) in [5.41, 5.74) is 4.26. The molecule has 0 bridgehead atoms. The molecule has 0 aliphatic heterocycles. The van der Waals surface area contributed by atoms with Crippen molar-refractivity contribution >= 4 is 23.2 Å². The molecule has 0 unspecified atom stereocenters. The Balaban J connectivity index is 1.90. The summed E-state index contributed by atoms with van der Waals surface area (Å²) in [5.74, 6) is -0.313. The Morgan fingerprint density at radius 1 is 1.19 bits per heavy atom. The zero-order valence-corrected chi connectivity index (χ0v) is 15.1. The van der Waals surface area contributed by atoms with Gasteiger partial charge in [-0.05, 0) is 55.8 Å². The van der Waals surface area contributed by atoms with E-state index in [9.17, 15) is 9.18 Å². The molecule has 1 N–H and O–H groups in total. The number of alkyl halides is 1. The lowest BCUT2D eigenvalue weighted by atomic mass is 10.1. The first-order valence-electron chi connectivity index (χ1n) is 8.05. The minimum absolute atomic E-state index is 0.304. The number of aromatic nitrogens is 2. The van der Waals surface area contributed by atoms with Gasteiger partial charge in [-0.1, -0.05) is 17.7 Å². The first-order valence-corrected chi connectivity index (χ1v) is 8.42. The number of benzene rings is 1. The Morgan fingerprint density at radius 2 is 2.00 bits per heavy atom. The number of aryl methyl sites for hydroxylation is 2. The Bertz CT molecular complexity index is 975. The van der Waals surface area contributed by atoms with Crippen LogP contribution in [0.25, 0.3) is 11.3 Å². The maximum Gasteiger partial charge on any atom is 0.257 e. The molecule has 2 aromatic heterocycles. The van der Waals surface area contributed by atoms with Crippen LogP contribution in [0.3, 0.4) is 0 Å². The number of nitrogens with one attached hydrogen (secondary N) is 1. The van der Waals surface area contributed by atoms with Gasteiger partial charge in [-0.2, -0.15) is 0 Å². The highest BCUT2D eigenvalue weighted by molar-refractivity contribution is 6.33. The van der Waals surface area contributed by atoms with E-state index in [0.29, 0.717) is 27.7 Å². The summed E-state index contributed by atoms with van der Waals surface area (Å²) in [4.78, 5) is 21.0. The van der Waals surface area contributed by atoms with Crippen LogP contribution in [-0.2, 0) is 6.67 Å². The molecule has 6 heteroatoms. The molecule has 0 aliphatic rings. The molecular weight excluding hydrogens is 353 g/mol. The van der Waals surface area contributed by atoms with Gasteiger partial charge in [0.1, 0.15) is 6.67 Å². The molecule has 26 heavy (non-hydrogen) atoms. The van der Waals surface area contributed by atoms with Crippen LogP contribution < -0.4 is 5.32 Å². The second-order valence-electron chi connectivity index (χ2n) is 5.89. The highest BCUT2D eigenvalue weighted by Crippen LogP contribution is 2.31. The van der Waals surface area contributed by atoms with Crippen LogP contribution in [-0.4, -0.2) is 15.9 Å². The number of amides is 1. The lowest BCUT2D eigenvalue weighted by Crippen LogP contribution is -2.14. The van der Waals surface area contributed by atoms with E-state index in [4.69, 9.17) is 11.6 Å². The molecule has 1 amide bonds. The normalized spacial score (nSPS) is 10.6. The van der Waals surface area contributed by atoms with Crippen molar-refractivity contribution in [3.05, 3.63) is 76.2 Å². The molecule has 132 valence electrons. The standard InChI is InChI=1S/C20H17ClFN3O/c1-12-4-3-9-23-19(12)17-10-14(6-8-18(17)21)25-20(26)16-7-5-15(11-22)24-13(16)2/h3-10H,11H2,1-2H3,(H,25,26). The highest BCUT2D eigenvalue weighted by Gasteiger charge is 2.13. The number of carbonyl (C=O) groups excluding carboxylic acids is 1. The molecule has 3 rings (SSSR count). The summed E-state index contributed by atoms with van der Waals surface area (Å²) >= 11 is 6.32. The van der Waals surface area contributed by atoms with Gasteiger partial charge in [0.2, 0.25) is 0 Å². The minimum atomic E-state index is -0.660. The molecule has 0 saturated heterocycles. The fourth-order valence-corrected chi connectivity index (χ4v) is 2.89. The van der Waals surface area contributed by atoms with Gasteiger partial charge in [0.15, 0.2) is 0 Å². The third kappa shape index (κ3) is 3.73. The minimum Gasteiger partial charge on any atom is -0.322 e. The Hall–Kier alpha value is -2.79. The number of hydrogen-bond acceptors (Lipinski definition) is 3. The third-order valence-corrected chi connectivity index (χ3v) is 4.34. The third-order valence-electron chi connectivity index (χ3n) is 4.01. The van der Waals surface area contributed by atoms with Crippen molar-refractivity contribution in [2.75, 3.05) is 5.32 Å². The number of nitrogens with zero attached hydrogens (tertiary/aromatic N) is 2. The van der Waals surface area contributed by atoms with Crippen molar-refractivity contribution in [2.24, 2.45) is 0 Å². The molecule has 2 heterocycles. The SMILES string of the molecule is Cc1cccnc1-c1cc(NC(=O)c2ccc(CF)nc2C)ccc1Cl. The van der Waals surface area contributed by atoms with E-state index in [1.165, 1.54) is 6.07 Å². The van der Waals surface area contributed by atoms with Crippen LogP contribution in [0.4, 0.5) is 10.1 Å². The van der Waals surface area contributed by atoms with Crippen LogP contribution in [0.5, 0.6) is 0 Å². The lowest BCUT2D eigenvalue weighted by molar-refractivity contribution is 0.102. The van der Waals surface area contributed by atoms with Crippen molar-refractivity contribution in [1.29, 1.82) is 0 Å². The topological polar surface area (TPSA) is 54.9 Å². The van der Waals surface area contributed by atoms with E-state index in [1.54, 1.807) is 37.4 Å². The molecule has 0 fully saturated rings. The van der Waals surface area contributed by atoms with Gasteiger partial charge in [0.05, 0.1) is 27.7 Å². The lowest BCUT2D eigenvalue weighted by Gasteiger charge is -2.11. The molecular formula is C20H17ClFN3O. The predicted molar refractivity (Wildman–Crippen MR) is 101 cm³/mol. The second kappa shape index (κ2) is 7.62. The molecule has 0 atom stereocenters. The number of hydrogen-bond donors (Lipinski definition) is 1. The fraction of sp³-hybridized carbons (Fsp3) is 0.150. The fourth-order valence-electron chi connectivity index (χ4n) is 2.68. The van der Waals surface area contributed by atoms with Crippen molar-refractivity contribution in [2.45, 2.75) is 20.5 Å². The summed E-state index contributed by atoms with van der Waals surface area (Å²) in [6.07, 6.45) is 1.70. The van der Waals surface area contributed by atoms with Gasteiger partial charge in [0.25, 0.3) is 5.91 Å². The molecule has 0 spiro atoms. The molecule has 0 aliphatic carbocycles. The van der Waals surface area contributed by atoms with Gasteiger partial charge >= 0.3 is 0 Å². The zero-order chi connectivity index (χ0) is 18.7. The van der Waals surface area contributed by atoms with E-state index in [1.807, 2.05) is 19.1 Å². The summed E-state index contributed by atoms with van der Waals surface area (Å²) in [6.45, 7) is 2.97. The van der Waals surface area contributed by atoms with Crippen LogP contribution >= 0.6 is 11.6 Å². The van der Waals surface area contributed by atoms with Crippen molar-refractivity contribution in [3.8, 4) is 11.3 Å². The van der Waals surface area contributed by atoms with Crippen LogP contribution in [0.1, 0.15) is 27.3 Å². The Morgan fingerprint density at radius 3 is 2.69 bits per heavy atom. The highest BCUT2D eigenvalue weighted by atomic mass is 35.5. The molecule has 0 radical (unpaired) electrons. The summed E-state index contributed by atoms with van der Waals surface area (Å²) < 4.78 is 12.7. The van der Waals surface area contributed by atoms with E-state index in [0.717, 1.165) is 16.8 Å². The molecule has 3 aromatic rings. The molecule has 0 saturated carbocycles. The Labute approximate surface area is 156 Å². The average molecular weight is 370 g/mol. The van der Waals surface area contributed by atoms with Gasteiger partial charge in [-0.15, -0.1) is 0 Å². The van der Waals surface area contributed by atoms with Gasteiger partial charge in [-0.3, -0.25) is 14.8 Å². The number of carbonyl (C=O) groups is 1. The van der Waals surface area contributed by atoms with Gasteiger partial charge in [-0.25, -0.2) is 4.39 Å². The number of pyridine rings is 2. The average Bonchev–Trinajstić information content (AvgIpc) is 2.63. The zero-order valence-electron chi connectivity index (χ0n) is 14.4. The quantitative estimate of drug-likeness (QED) is 0.693. The number of halogens is 2. The predicted octanol–water partition coefficient (Wildman–Crippen LogP) is 5.14. The van der Waals surface area contributed by atoms with Crippen molar-refractivity contribution < 1.29 is 9.18 Å². The van der Waals surface area contributed by atoms with Crippen molar-refractivity contribution in [3.63, 3.8) is 0 Å². The smallest absolute Gasteiger partial charge is 0.257 e. The number of anilines is 1. The molecule has 1 aromatic carbocycles. The van der Waals surface area contributed by atoms with Crippen molar-refractivity contribution in [1.82, 2.24) is 9.97 Å². The van der Waals surface area contributed by atoms with Gasteiger partial charge < -0.3 is 5.32 Å². The number of rotatable bonds is 4. The van der Waals surface area contributed by atoms with Crippen LogP contribution in [0.15, 0.2) is 48.7 Å². The van der Waals surface area contributed by atoms with E-state index >= 15 is 0 Å². The van der Waals surface area contributed by atoms with E-state index in [2.05, 4.69) is 15.3 Å². The first kappa shape index (κ1) is 18.0. The maximum atomic E-state index is 12.7.